The molecule has 5 nitrogen and oxygen atoms in total. The van der Waals surface area contributed by atoms with Gasteiger partial charge in [-0.15, -0.1) is 0 Å². The summed E-state index contributed by atoms with van der Waals surface area (Å²) in [6, 6.07) is 14.3. The number of likely N-dealkylation sites (tertiary alicyclic amines) is 1. The Kier molecular flexibility index (Phi) is 6.78. The van der Waals surface area contributed by atoms with Crippen LogP contribution in [0.1, 0.15) is 41.6 Å². The first-order valence-electron chi connectivity index (χ1n) is 10.8. The zero-order valence-electron chi connectivity index (χ0n) is 17.0. The summed E-state index contributed by atoms with van der Waals surface area (Å²) < 4.78 is 11.2. The van der Waals surface area contributed by atoms with E-state index in [9.17, 15) is 4.79 Å². The van der Waals surface area contributed by atoms with Crippen molar-refractivity contribution in [3.8, 4) is 5.88 Å². The number of piperidine rings is 1. The normalized spacial score (nSPS) is 18.6. The van der Waals surface area contributed by atoms with Gasteiger partial charge in [-0.05, 0) is 55.6 Å². The molecule has 1 aromatic carbocycles. The largest absolute Gasteiger partial charge is 0.477 e. The molecule has 0 aliphatic carbocycles. The molecular weight excluding hydrogens is 364 g/mol. The first-order chi connectivity index (χ1) is 14.3. The summed E-state index contributed by atoms with van der Waals surface area (Å²) in [5.41, 5.74) is 2.03. The predicted molar refractivity (Wildman–Crippen MR) is 112 cm³/mol. The highest BCUT2D eigenvalue weighted by molar-refractivity contribution is 5.94. The maximum absolute atomic E-state index is 12.8. The van der Waals surface area contributed by atoms with E-state index < -0.39 is 0 Å². The maximum Gasteiger partial charge on any atom is 0.255 e. The number of benzene rings is 1. The number of rotatable bonds is 6. The summed E-state index contributed by atoms with van der Waals surface area (Å²) >= 11 is 0. The summed E-state index contributed by atoms with van der Waals surface area (Å²) in [6.07, 6.45) is 6.94. The van der Waals surface area contributed by atoms with E-state index in [4.69, 9.17) is 9.47 Å². The molecule has 2 aliphatic heterocycles. The number of pyridine rings is 1. The molecule has 2 aliphatic rings. The minimum atomic E-state index is 0.0756. The van der Waals surface area contributed by atoms with Crippen molar-refractivity contribution in [2.75, 3.05) is 32.9 Å². The van der Waals surface area contributed by atoms with Gasteiger partial charge in [0.25, 0.3) is 5.91 Å². The molecular formula is C24H30N2O3. The third kappa shape index (κ3) is 5.57. The molecule has 2 aromatic rings. The Morgan fingerprint density at radius 3 is 2.45 bits per heavy atom. The van der Waals surface area contributed by atoms with Crippen LogP contribution in [0.15, 0.2) is 48.7 Å². The van der Waals surface area contributed by atoms with Gasteiger partial charge in [0.15, 0.2) is 0 Å². The van der Waals surface area contributed by atoms with Gasteiger partial charge in [0, 0.05) is 38.6 Å². The van der Waals surface area contributed by atoms with Crippen molar-refractivity contribution in [3.05, 3.63) is 59.8 Å². The fraction of sp³-hybridized carbons (Fsp3) is 0.500. The van der Waals surface area contributed by atoms with Gasteiger partial charge in [0.05, 0.1) is 12.2 Å². The molecule has 0 spiro atoms. The molecule has 0 saturated carbocycles. The Labute approximate surface area is 173 Å². The van der Waals surface area contributed by atoms with Crippen molar-refractivity contribution in [1.82, 2.24) is 9.88 Å². The van der Waals surface area contributed by atoms with E-state index in [-0.39, 0.29) is 5.91 Å². The highest BCUT2D eigenvalue weighted by Crippen LogP contribution is 2.23. The van der Waals surface area contributed by atoms with Gasteiger partial charge in [-0.3, -0.25) is 4.79 Å². The second-order valence-corrected chi connectivity index (χ2v) is 8.18. The van der Waals surface area contributed by atoms with Crippen LogP contribution in [0.3, 0.4) is 0 Å². The fourth-order valence-electron chi connectivity index (χ4n) is 4.18. The van der Waals surface area contributed by atoms with Crippen molar-refractivity contribution in [2.24, 2.45) is 11.8 Å². The van der Waals surface area contributed by atoms with E-state index in [1.54, 1.807) is 6.20 Å². The third-order valence-electron chi connectivity index (χ3n) is 6.06. The average molecular weight is 395 g/mol. The van der Waals surface area contributed by atoms with Gasteiger partial charge >= 0.3 is 0 Å². The zero-order chi connectivity index (χ0) is 19.9. The lowest BCUT2D eigenvalue weighted by Crippen LogP contribution is -2.38. The summed E-state index contributed by atoms with van der Waals surface area (Å²) in [5, 5.41) is 0. The van der Waals surface area contributed by atoms with E-state index in [0.29, 0.717) is 29.9 Å². The Bertz CT molecular complexity index is 764. The molecule has 0 unspecified atom stereocenters. The number of ether oxygens (including phenoxy) is 2. The van der Waals surface area contributed by atoms with Crippen LogP contribution in [0.4, 0.5) is 0 Å². The number of hydrogen-bond acceptors (Lipinski definition) is 4. The third-order valence-corrected chi connectivity index (χ3v) is 6.06. The number of carbonyl (C=O) groups is 1. The van der Waals surface area contributed by atoms with Crippen LogP contribution >= 0.6 is 0 Å². The van der Waals surface area contributed by atoms with Crippen LogP contribution in [0.25, 0.3) is 0 Å². The van der Waals surface area contributed by atoms with Gasteiger partial charge in [0.1, 0.15) is 0 Å². The SMILES string of the molecule is O=C(c1ccc(OCC2CCOCC2)nc1)N1CCC(Cc2ccccc2)CC1. The summed E-state index contributed by atoms with van der Waals surface area (Å²) in [4.78, 5) is 19.1. The first kappa shape index (κ1) is 19.9. The molecule has 2 fully saturated rings. The van der Waals surface area contributed by atoms with Crippen molar-refractivity contribution >= 4 is 5.91 Å². The highest BCUT2D eigenvalue weighted by atomic mass is 16.5. The number of carbonyl (C=O) groups excluding carboxylic acids is 1. The Morgan fingerprint density at radius 2 is 1.76 bits per heavy atom. The van der Waals surface area contributed by atoms with Crippen molar-refractivity contribution < 1.29 is 14.3 Å². The number of aromatic nitrogens is 1. The van der Waals surface area contributed by atoms with Crippen LogP contribution in [0, 0.1) is 11.8 Å². The maximum atomic E-state index is 12.8. The summed E-state index contributed by atoms with van der Waals surface area (Å²) in [6.45, 7) is 3.93. The van der Waals surface area contributed by atoms with E-state index in [1.807, 2.05) is 17.0 Å². The van der Waals surface area contributed by atoms with Crippen molar-refractivity contribution in [1.29, 1.82) is 0 Å². The van der Waals surface area contributed by atoms with Crippen molar-refractivity contribution in [3.63, 3.8) is 0 Å². The predicted octanol–water partition coefficient (Wildman–Crippen LogP) is 3.98. The van der Waals surface area contributed by atoms with Crippen molar-refractivity contribution in [2.45, 2.75) is 32.1 Å². The monoisotopic (exact) mass is 394 g/mol. The van der Waals surface area contributed by atoms with Crippen LogP contribution in [0.5, 0.6) is 5.88 Å². The average Bonchev–Trinajstić information content (AvgIpc) is 2.79. The van der Waals surface area contributed by atoms with Gasteiger partial charge in [-0.1, -0.05) is 30.3 Å². The fourth-order valence-corrected chi connectivity index (χ4v) is 4.18. The molecule has 154 valence electrons. The second-order valence-electron chi connectivity index (χ2n) is 8.18. The van der Waals surface area contributed by atoms with Gasteiger partial charge < -0.3 is 14.4 Å². The summed E-state index contributed by atoms with van der Waals surface area (Å²) in [5.74, 6) is 1.85. The molecule has 0 bridgehead atoms. The Morgan fingerprint density at radius 1 is 1.00 bits per heavy atom. The number of hydrogen-bond donors (Lipinski definition) is 0. The molecule has 1 aromatic heterocycles. The smallest absolute Gasteiger partial charge is 0.255 e. The zero-order valence-corrected chi connectivity index (χ0v) is 17.0. The molecule has 3 heterocycles. The molecule has 29 heavy (non-hydrogen) atoms. The Balaban J connectivity index is 1.24. The first-order valence-corrected chi connectivity index (χ1v) is 10.8. The van der Waals surface area contributed by atoms with E-state index in [0.717, 1.165) is 58.4 Å². The Hall–Kier alpha value is -2.40. The molecule has 0 atom stereocenters. The molecule has 5 heteroatoms. The van der Waals surface area contributed by atoms with Crippen LogP contribution < -0.4 is 4.74 Å². The van der Waals surface area contributed by atoms with E-state index >= 15 is 0 Å². The molecule has 2 saturated heterocycles. The molecule has 0 N–H and O–H groups in total. The highest BCUT2D eigenvalue weighted by Gasteiger charge is 2.24. The van der Waals surface area contributed by atoms with E-state index in [1.165, 1.54) is 5.56 Å². The summed E-state index contributed by atoms with van der Waals surface area (Å²) in [7, 11) is 0. The topological polar surface area (TPSA) is 51.7 Å². The second kappa shape index (κ2) is 9.88. The van der Waals surface area contributed by atoms with Crippen LogP contribution in [0.2, 0.25) is 0 Å². The lowest BCUT2D eigenvalue weighted by molar-refractivity contribution is 0.0490. The minimum absolute atomic E-state index is 0.0756. The van der Waals surface area contributed by atoms with E-state index in [2.05, 4.69) is 35.3 Å². The number of nitrogens with zero attached hydrogens (tertiary/aromatic N) is 2. The minimum Gasteiger partial charge on any atom is -0.477 e. The van der Waals surface area contributed by atoms with Crippen LogP contribution in [-0.4, -0.2) is 48.7 Å². The van der Waals surface area contributed by atoms with Gasteiger partial charge in [0.2, 0.25) is 5.88 Å². The lowest BCUT2D eigenvalue weighted by Gasteiger charge is -2.32. The molecule has 1 amide bonds. The van der Waals surface area contributed by atoms with Gasteiger partial charge in [-0.25, -0.2) is 4.98 Å². The van der Waals surface area contributed by atoms with Crippen LogP contribution in [-0.2, 0) is 11.2 Å². The lowest BCUT2D eigenvalue weighted by atomic mass is 9.90. The molecule has 4 rings (SSSR count). The number of amides is 1. The quantitative estimate of drug-likeness (QED) is 0.744. The van der Waals surface area contributed by atoms with Gasteiger partial charge in [-0.2, -0.15) is 0 Å². The standard InChI is InChI=1S/C24H30N2O3/c27-24(26-12-8-20(9-13-26)16-19-4-2-1-3-5-19)22-6-7-23(25-17-22)29-18-21-10-14-28-15-11-21/h1-7,17,20-21H,8-16,18H2. The molecule has 0 radical (unpaired) electrons.